The molecule has 2 rings (SSSR count). The number of amides is 1. The number of carbonyl (C=O) groups excluding carboxylic acids is 1. The molecule has 25 heavy (non-hydrogen) atoms. The van der Waals surface area contributed by atoms with Crippen molar-refractivity contribution in [1.29, 1.82) is 0 Å². The summed E-state index contributed by atoms with van der Waals surface area (Å²) in [5.41, 5.74) is 0.642. The predicted octanol–water partition coefficient (Wildman–Crippen LogP) is 3.14. The quantitative estimate of drug-likeness (QED) is 0.716. The van der Waals surface area contributed by atoms with Crippen LogP contribution in [0.2, 0.25) is 0 Å². The van der Waals surface area contributed by atoms with Crippen molar-refractivity contribution in [3.8, 4) is 11.5 Å². The first-order chi connectivity index (χ1) is 11.7. The van der Waals surface area contributed by atoms with Gasteiger partial charge in [-0.05, 0) is 50.0 Å². The van der Waals surface area contributed by atoms with E-state index >= 15 is 0 Å². The maximum absolute atomic E-state index is 12.7. The SMILES string of the molecule is C=CCOc1ccc(C(=O)N2CCC(CNCC)CC2)cc1OC.Cl. The molecule has 1 aromatic carbocycles. The van der Waals surface area contributed by atoms with Gasteiger partial charge in [0.05, 0.1) is 7.11 Å². The fraction of sp³-hybridized carbons (Fsp3) is 0.526. The van der Waals surface area contributed by atoms with Crippen molar-refractivity contribution in [1.82, 2.24) is 10.2 Å². The minimum atomic E-state index is 0. The third kappa shape index (κ3) is 5.94. The predicted molar refractivity (Wildman–Crippen MR) is 103 cm³/mol. The molecule has 1 aliphatic heterocycles. The van der Waals surface area contributed by atoms with Crippen molar-refractivity contribution >= 4 is 18.3 Å². The van der Waals surface area contributed by atoms with Gasteiger partial charge in [0.25, 0.3) is 5.91 Å². The average molecular weight is 369 g/mol. The molecule has 6 heteroatoms. The highest BCUT2D eigenvalue weighted by atomic mass is 35.5. The molecule has 1 fully saturated rings. The zero-order valence-electron chi connectivity index (χ0n) is 15.1. The van der Waals surface area contributed by atoms with E-state index in [1.165, 1.54) is 0 Å². The minimum absolute atomic E-state index is 0. The molecule has 0 spiro atoms. The fourth-order valence-electron chi connectivity index (χ4n) is 2.94. The second-order valence-electron chi connectivity index (χ2n) is 6.01. The molecule has 0 bridgehead atoms. The number of hydrogen-bond donors (Lipinski definition) is 1. The second-order valence-corrected chi connectivity index (χ2v) is 6.01. The lowest BCUT2D eigenvalue weighted by atomic mass is 9.96. The average Bonchev–Trinajstić information content (AvgIpc) is 2.64. The standard InChI is InChI=1S/C19H28N2O3.ClH/c1-4-12-24-17-7-6-16(13-18(17)23-3)19(22)21-10-8-15(9-11-21)14-20-5-2;/h4,6-7,13,15,20H,1,5,8-12,14H2,2-3H3;1H. The number of piperidine rings is 1. The van der Waals surface area contributed by atoms with E-state index in [0.29, 0.717) is 29.6 Å². The van der Waals surface area contributed by atoms with Crippen LogP contribution < -0.4 is 14.8 Å². The Morgan fingerprint density at radius 2 is 2.08 bits per heavy atom. The molecular formula is C19H29ClN2O3. The van der Waals surface area contributed by atoms with Crippen molar-refractivity contribution in [2.75, 3.05) is 39.9 Å². The number of nitrogens with one attached hydrogen (secondary N) is 1. The van der Waals surface area contributed by atoms with Crippen LogP contribution >= 0.6 is 12.4 Å². The van der Waals surface area contributed by atoms with E-state index in [1.54, 1.807) is 31.4 Å². The van der Waals surface area contributed by atoms with Crippen LogP contribution in [0.25, 0.3) is 0 Å². The maximum Gasteiger partial charge on any atom is 0.253 e. The summed E-state index contributed by atoms with van der Waals surface area (Å²) < 4.78 is 10.9. The number of carbonyl (C=O) groups is 1. The third-order valence-electron chi connectivity index (χ3n) is 4.35. The molecule has 0 atom stereocenters. The van der Waals surface area contributed by atoms with Crippen molar-refractivity contribution in [2.45, 2.75) is 19.8 Å². The summed E-state index contributed by atoms with van der Waals surface area (Å²) in [5, 5.41) is 3.39. The van der Waals surface area contributed by atoms with E-state index in [-0.39, 0.29) is 18.3 Å². The maximum atomic E-state index is 12.7. The normalized spacial score (nSPS) is 14.6. The number of likely N-dealkylation sites (tertiary alicyclic amines) is 1. The van der Waals surface area contributed by atoms with Gasteiger partial charge < -0.3 is 19.7 Å². The van der Waals surface area contributed by atoms with Gasteiger partial charge in [0, 0.05) is 18.7 Å². The Hall–Kier alpha value is -1.72. The number of ether oxygens (including phenoxy) is 2. The van der Waals surface area contributed by atoms with Crippen LogP contribution in [0, 0.1) is 5.92 Å². The highest BCUT2D eigenvalue weighted by Crippen LogP contribution is 2.29. The molecule has 1 heterocycles. The summed E-state index contributed by atoms with van der Waals surface area (Å²) in [7, 11) is 1.58. The zero-order chi connectivity index (χ0) is 17.4. The zero-order valence-corrected chi connectivity index (χ0v) is 15.9. The van der Waals surface area contributed by atoms with E-state index in [1.807, 2.05) is 4.90 Å². The van der Waals surface area contributed by atoms with E-state index in [2.05, 4.69) is 18.8 Å². The highest BCUT2D eigenvalue weighted by molar-refractivity contribution is 5.95. The number of methoxy groups -OCH3 is 1. The van der Waals surface area contributed by atoms with Gasteiger partial charge in [-0.3, -0.25) is 4.79 Å². The van der Waals surface area contributed by atoms with Crippen LogP contribution in [0.3, 0.4) is 0 Å². The Bertz CT molecular complexity index is 558. The summed E-state index contributed by atoms with van der Waals surface area (Å²) in [5.74, 6) is 1.92. The number of halogens is 1. The van der Waals surface area contributed by atoms with Crippen LogP contribution in [-0.2, 0) is 0 Å². The molecule has 0 aromatic heterocycles. The van der Waals surface area contributed by atoms with Gasteiger partial charge in [0.2, 0.25) is 0 Å². The van der Waals surface area contributed by atoms with Crippen molar-refractivity contribution < 1.29 is 14.3 Å². The van der Waals surface area contributed by atoms with Crippen LogP contribution in [0.5, 0.6) is 11.5 Å². The van der Waals surface area contributed by atoms with Gasteiger partial charge in [0.15, 0.2) is 11.5 Å². The smallest absolute Gasteiger partial charge is 0.253 e. The number of benzene rings is 1. The first-order valence-corrected chi connectivity index (χ1v) is 8.61. The monoisotopic (exact) mass is 368 g/mol. The van der Waals surface area contributed by atoms with E-state index in [4.69, 9.17) is 9.47 Å². The third-order valence-corrected chi connectivity index (χ3v) is 4.35. The van der Waals surface area contributed by atoms with Crippen LogP contribution in [-0.4, -0.2) is 50.7 Å². The van der Waals surface area contributed by atoms with E-state index in [9.17, 15) is 4.79 Å². The second kappa shape index (κ2) is 11.0. The van der Waals surface area contributed by atoms with E-state index < -0.39 is 0 Å². The molecular weight excluding hydrogens is 340 g/mol. The van der Waals surface area contributed by atoms with Gasteiger partial charge in [-0.1, -0.05) is 19.6 Å². The first kappa shape index (κ1) is 21.3. The molecule has 140 valence electrons. The number of rotatable bonds is 8. The summed E-state index contributed by atoms with van der Waals surface area (Å²) in [6, 6.07) is 5.34. The molecule has 0 aliphatic carbocycles. The van der Waals surface area contributed by atoms with Crippen molar-refractivity contribution in [3.63, 3.8) is 0 Å². The Kier molecular flexibility index (Phi) is 9.39. The van der Waals surface area contributed by atoms with Crippen LogP contribution in [0.1, 0.15) is 30.1 Å². The highest BCUT2D eigenvalue weighted by Gasteiger charge is 2.24. The Morgan fingerprint density at radius 3 is 2.68 bits per heavy atom. The first-order valence-electron chi connectivity index (χ1n) is 8.61. The van der Waals surface area contributed by atoms with Crippen LogP contribution in [0.4, 0.5) is 0 Å². The van der Waals surface area contributed by atoms with Gasteiger partial charge in [-0.15, -0.1) is 12.4 Å². The summed E-state index contributed by atoms with van der Waals surface area (Å²) in [4.78, 5) is 14.6. The number of hydrogen-bond acceptors (Lipinski definition) is 4. The molecule has 1 amide bonds. The van der Waals surface area contributed by atoms with Gasteiger partial charge >= 0.3 is 0 Å². The largest absolute Gasteiger partial charge is 0.493 e. The van der Waals surface area contributed by atoms with Crippen molar-refractivity contribution in [3.05, 3.63) is 36.4 Å². The lowest BCUT2D eigenvalue weighted by molar-refractivity contribution is 0.0690. The molecule has 0 radical (unpaired) electrons. The van der Waals surface area contributed by atoms with E-state index in [0.717, 1.165) is 39.0 Å². The minimum Gasteiger partial charge on any atom is -0.493 e. The molecule has 1 N–H and O–H groups in total. The lowest BCUT2D eigenvalue weighted by Crippen LogP contribution is -2.40. The Labute approximate surface area is 156 Å². The van der Waals surface area contributed by atoms with Crippen LogP contribution in [0.15, 0.2) is 30.9 Å². The molecule has 5 nitrogen and oxygen atoms in total. The summed E-state index contributed by atoms with van der Waals surface area (Å²) in [6.07, 6.45) is 3.78. The molecule has 1 aromatic rings. The van der Waals surface area contributed by atoms with Gasteiger partial charge in [-0.2, -0.15) is 0 Å². The molecule has 0 saturated carbocycles. The fourth-order valence-corrected chi connectivity index (χ4v) is 2.94. The Balaban J connectivity index is 0.00000312. The van der Waals surface area contributed by atoms with Crippen molar-refractivity contribution in [2.24, 2.45) is 5.92 Å². The number of nitrogens with zero attached hydrogens (tertiary/aromatic N) is 1. The molecule has 1 aliphatic rings. The van der Waals surface area contributed by atoms with Gasteiger partial charge in [0.1, 0.15) is 6.61 Å². The molecule has 1 saturated heterocycles. The van der Waals surface area contributed by atoms with Gasteiger partial charge in [-0.25, -0.2) is 0 Å². The summed E-state index contributed by atoms with van der Waals surface area (Å²) >= 11 is 0. The Morgan fingerprint density at radius 1 is 1.36 bits per heavy atom. The lowest BCUT2D eigenvalue weighted by Gasteiger charge is -2.32. The molecule has 0 unspecified atom stereocenters. The topological polar surface area (TPSA) is 50.8 Å². The summed E-state index contributed by atoms with van der Waals surface area (Å²) in [6.45, 7) is 9.82.